The van der Waals surface area contributed by atoms with Crippen LogP contribution in [-0.2, 0) is 18.3 Å². The second kappa shape index (κ2) is 4.98. The van der Waals surface area contributed by atoms with E-state index in [-0.39, 0.29) is 12.1 Å². The maximum absolute atomic E-state index is 11.5. The van der Waals surface area contributed by atoms with Gasteiger partial charge in [0.25, 0.3) is 0 Å². The van der Waals surface area contributed by atoms with E-state index in [9.17, 15) is 4.79 Å². The van der Waals surface area contributed by atoms with Crippen LogP contribution in [0.2, 0.25) is 0 Å². The van der Waals surface area contributed by atoms with Crippen LogP contribution in [0.5, 0.6) is 0 Å². The Morgan fingerprint density at radius 1 is 1.75 bits per heavy atom. The maximum Gasteiger partial charge on any atom is 0.315 e. The van der Waals surface area contributed by atoms with Crippen LogP contribution >= 0.6 is 0 Å². The van der Waals surface area contributed by atoms with Crippen molar-refractivity contribution in [2.75, 3.05) is 13.2 Å². The minimum atomic E-state index is -0.166. The molecule has 0 saturated carbocycles. The standard InChI is InChI=1S/C10H16N4O2/c1-14-4-2-8(13-14)6-11-10(15)12-9-3-5-16-7-9/h2,4,9H,3,5-7H2,1H3,(H2,11,12,15). The number of aromatic nitrogens is 2. The summed E-state index contributed by atoms with van der Waals surface area (Å²) in [5.41, 5.74) is 0.848. The Morgan fingerprint density at radius 2 is 2.62 bits per heavy atom. The van der Waals surface area contributed by atoms with Gasteiger partial charge in [-0.1, -0.05) is 0 Å². The molecule has 1 saturated heterocycles. The molecule has 2 amide bonds. The van der Waals surface area contributed by atoms with Crippen LogP contribution in [0.25, 0.3) is 0 Å². The Hall–Kier alpha value is -1.56. The van der Waals surface area contributed by atoms with Crippen molar-refractivity contribution in [1.29, 1.82) is 0 Å². The fourth-order valence-corrected chi connectivity index (χ4v) is 1.61. The Balaban J connectivity index is 1.71. The van der Waals surface area contributed by atoms with E-state index in [2.05, 4.69) is 15.7 Å². The van der Waals surface area contributed by atoms with Crippen LogP contribution in [0, 0.1) is 0 Å². The first kappa shape index (κ1) is 10.9. The number of carbonyl (C=O) groups excluding carboxylic acids is 1. The zero-order valence-electron chi connectivity index (χ0n) is 9.27. The van der Waals surface area contributed by atoms with Crippen molar-refractivity contribution in [2.24, 2.45) is 7.05 Å². The van der Waals surface area contributed by atoms with Crippen molar-refractivity contribution < 1.29 is 9.53 Å². The van der Waals surface area contributed by atoms with Gasteiger partial charge in [0.2, 0.25) is 0 Å². The Kier molecular flexibility index (Phi) is 3.40. The van der Waals surface area contributed by atoms with Gasteiger partial charge in [-0.15, -0.1) is 0 Å². The lowest BCUT2D eigenvalue weighted by molar-refractivity contribution is 0.188. The molecule has 0 spiro atoms. The van der Waals surface area contributed by atoms with Crippen molar-refractivity contribution in [1.82, 2.24) is 20.4 Å². The highest BCUT2D eigenvalue weighted by atomic mass is 16.5. The third-order valence-corrected chi connectivity index (χ3v) is 2.46. The summed E-state index contributed by atoms with van der Waals surface area (Å²) in [5, 5.41) is 9.77. The molecule has 0 bridgehead atoms. The lowest BCUT2D eigenvalue weighted by atomic mass is 10.3. The van der Waals surface area contributed by atoms with Crippen LogP contribution in [0.3, 0.4) is 0 Å². The summed E-state index contributed by atoms with van der Waals surface area (Å²) in [4.78, 5) is 11.5. The molecule has 2 heterocycles. The zero-order chi connectivity index (χ0) is 11.4. The summed E-state index contributed by atoms with van der Waals surface area (Å²) in [6.45, 7) is 1.78. The molecule has 0 aliphatic carbocycles. The largest absolute Gasteiger partial charge is 0.379 e. The normalized spacial score (nSPS) is 19.7. The second-order valence-corrected chi connectivity index (χ2v) is 3.87. The van der Waals surface area contributed by atoms with E-state index in [1.54, 1.807) is 4.68 Å². The van der Waals surface area contributed by atoms with Gasteiger partial charge in [0.15, 0.2) is 0 Å². The number of nitrogens with zero attached hydrogens (tertiary/aromatic N) is 2. The Labute approximate surface area is 94.0 Å². The van der Waals surface area contributed by atoms with Crippen LogP contribution in [0.4, 0.5) is 4.79 Å². The van der Waals surface area contributed by atoms with E-state index in [1.165, 1.54) is 0 Å². The summed E-state index contributed by atoms with van der Waals surface area (Å²) in [6, 6.07) is 1.85. The number of hydrogen-bond donors (Lipinski definition) is 2. The molecule has 1 aromatic heterocycles. The smallest absolute Gasteiger partial charge is 0.315 e. The molecule has 6 heteroatoms. The average Bonchev–Trinajstić information content (AvgIpc) is 2.87. The monoisotopic (exact) mass is 224 g/mol. The van der Waals surface area contributed by atoms with E-state index < -0.39 is 0 Å². The van der Waals surface area contributed by atoms with Gasteiger partial charge in [-0.3, -0.25) is 4.68 Å². The first-order valence-electron chi connectivity index (χ1n) is 5.34. The van der Waals surface area contributed by atoms with Gasteiger partial charge >= 0.3 is 6.03 Å². The molecular weight excluding hydrogens is 208 g/mol. The molecule has 1 aliphatic rings. The molecule has 2 rings (SSSR count). The van der Waals surface area contributed by atoms with E-state index in [4.69, 9.17) is 4.74 Å². The molecular formula is C10H16N4O2. The third kappa shape index (κ3) is 2.96. The first-order valence-corrected chi connectivity index (χ1v) is 5.34. The molecule has 0 radical (unpaired) electrons. The summed E-state index contributed by atoms with van der Waals surface area (Å²) in [6.07, 6.45) is 2.73. The highest BCUT2D eigenvalue weighted by molar-refractivity contribution is 5.74. The SMILES string of the molecule is Cn1ccc(CNC(=O)NC2CCOC2)n1. The summed E-state index contributed by atoms with van der Waals surface area (Å²) in [7, 11) is 1.85. The molecule has 16 heavy (non-hydrogen) atoms. The lowest BCUT2D eigenvalue weighted by Crippen LogP contribution is -2.42. The topological polar surface area (TPSA) is 68.2 Å². The highest BCUT2D eigenvalue weighted by Crippen LogP contribution is 2.02. The minimum Gasteiger partial charge on any atom is -0.379 e. The Bertz CT molecular complexity index is 357. The average molecular weight is 224 g/mol. The van der Waals surface area contributed by atoms with Crippen molar-refractivity contribution >= 4 is 6.03 Å². The first-order chi connectivity index (χ1) is 7.74. The molecule has 6 nitrogen and oxygen atoms in total. The Morgan fingerprint density at radius 3 is 3.25 bits per heavy atom. The van der Waals surface area contributed by atoms with Gasteiger partial charge in [0.05, 0.1) is 24.9 Å². The number of amides is 2. The number of carbonyl (C=O) groups is 1. The maximum atomic E-state index is 11.5. The van der Waals surface area contributed by atoms with Gasteiger partial charge in [0, 0.05) is 19.9 Å². The van der Waals surface area contributed by atoms with Gasteiger partial charge < -0.3 is 15.4 Å². The van der Waals surface area contributed by atoms with Crippen LogP contribution < -0.4 is 10.6 Å². The van der Waals surface area contributed by atoms with Crippen molar-refractivity contribution in [3.8, 4) is 0 Å². The van der Waals surface area contributed by atoms with E-state index in [1.807, 2.05) is 19.3 Å². The number of ether oxygens (including phenoxy) is 1. The van der Waals surface area contributed by atoms with Crippen molar-refractivity contribution in [2.45, 2.75) is 19.0 Å². The highest BCUT2D eigenvalue weighted by Gasteiger charge is 2.17. The molecule has 1 aliphatic heterocycles. The molecule has 1 aromatic rings. The van der Waals surface area contributed by atoms with Gasteiger partial charge in [0.1, 0.15) is 0 Å². The van der Waals surface area contributed by atoms with E-state index in [0.29, 0.717) is 13.2 Å². The summed E-state index contributed by atoms with van der Waals surface area (Å²) in [5.74, 6) is 0. The fraction of sp³-hybridized carbons (Fsp3) is 0.600. The number of urea groups is 1. The number of hydrogen-bond acceptors (Lipinski definition) is 3. The predicted octanol–water partition coefficient (Wildman–Crippen LogP) is 0.00820. The number of aryl methyl sites for hydroxylation is 1. The fourth-order valence-electron chi connectivity index (χ4n) is 1.61. The van der Waals surface area contributed by atoms with Crippen LogP contribution in [0.15, 0.2) is 12.3 Å². The minimum absolute atomic E-state index is 0.142. The molecule has 2 N–H and O–H groups in total. The van der Waals surface area contributed by atoms with E-state index >= 15 is 0 Å². The summed E-state index contributed by atoms with van der Waals surface area (Å²) >= 11 is 0. The third-order valence-electron chi connectivity index (χ3n) is 2.46. The van der Waals surface area contributed by atoms with Crippen LogP contribution in [0.1, 0.15) is 12.1 Å². The second-order valence-electron chi connectivity index (χ2n) is 3.87. The van der Waals surface area contributed by atoms with Gasteiger partial charge in [-0.2, -0.15) is 5.10 Å². The van der Waals surface area contributed by atoms with Crippen LogP contribution in [-0.4, -0.2) is 35.1 Å². The summed E-state index contributed by atoms with van der Waals surface area (Å²) < 4.78 is 6.87. The predicted molar refractivity (Wildman–Crippen MR) is 57.8 cm³/mol. The molecule has 1 unspecified atom stereocenters. The molecule has 1 fully saturated rings. The van der Waals surface area contributed by atoms with Gasteiger partial charge in [-0.05, 0) is 12.5 Å². The van der Waals surface area contributed by atoms with Gasteiger partial charge in [-0.25, -0.2) is 4.79 Å². The quantitative estimate of drug-likeness (QED) is 0.760. The number of nitrogens with one attached hydrogen (secondary N) is 2. The number of rotatable bonds is 3. The molecule has 88 valence electrons. The molecule has 1 atom stereocenters. The molecule has 0 aromatic carbocycles. The zero-order valence-corrected chi connectivity index (χ0v) is 9.27. The van der Waals surface area contributed by atoms with E-state index in [0.717, 1.165) is 18.7 Å². The van der Waals surface area contributed by atoms with Crippen molar-refractivity contribution in [3.63, 3.8) is 0 Å². The van der Waals surface area contributed by atoms with Crippen molar-refractivity contribution in [3.05, 3.63) is 18.0 Å². The lowest BCUT2D eigenvalue weighted by Gasteiger charge is -2.10.